The Morgan fingerprint density at radius 3 is 2.50 bits per heavy atom. The van der Waals surface area contributed by atoms with Crippen molar-refractivity contribution in [3.8, 4) is 11.8 Å². The maximum atomic E-state index is 11.6. The Morgan fingerprint density at radius 2 is 1.88 bits per heavy atom. The van der Waals surface area contributed by atoms with Crippen molar-refractivity contribution in [1.29, 1.82) is 0 Å². The van der Waals surface area contributed by atoms with Crippen molar-refractivity contribution in [1.82, 2.24) is 0 Å². The molecular weight excluding hydrogens is 196 g/mol. The molecule has 0 aliphatic carbocycles. The van der Waals surface area contributed by atoms with Crippen LogP contribution < -0.4 is 0 Å². The van der Waals surface area contributed by atoms with Crippen LogP contribution in [0.1, 0.15) is 48.5 Å². The van der Waals surface area contributed by atoms with Gasteiger partial charge in [-0.2, -0.15) is 0 Å². The fourth-order valence-electron chi connectivity index (χ4n) is 1.38. The number of Topliss-reactive ketones (excluding diaryl/α,β-unsaturated/α-hetero) is 1. The quantitative estimate of drug-likeness (QED) is 0.323. The van der Waals surface area contributed by atoms with E-state index >= 15 is 0 Å². The average molecular weight is 214 g/mol. The van der Waals surface area contributed by atoms with E-state index in [0.29, 0.717) is 5.56 Å². The van der Waals surface area contributed by atoms with E-state index in [-0.39, 0.29) is 5.78 Å². The maximum Gasteiger partial charge on any atom is 0.235 e. The molecule has 0 saturated carbocycles. The van der Waals surface area contributed by atoms with Gasteiger partial charge in [-0.3, -0.25) is 4.79 Å². The molecule has 0 saturated heterocycles. The van der Waals surface area contributed by atoms with Gasteiger partial charge < -0.3 is 0 Å². The number of carbonyl (C=O) groups is 1. The molecule has 0 unspecified atom stereocenters. The lowest BCUT2D eigenvalue weighted by molar-refractivity contribution is 0.105. The normalized spacial score (nSPS) is 9.38. The number of carbonyl (C=O) groups excluding carboxylic acids is 1. The zero-order valence-corrected chi connectivity index (χ0v) is 10.0. The largest absolute Gasteiger partial charge is 0.279 e. The number of benzene rings is 1. The van der Waals surface area contributed by atoms with E-state index in [1.165, 1.54) is 12.8 Å². The van der Waals surface area contributed by atoms with E-state index in [1.54, 1.807) is 0 Å². The van der Waals surface area contributed by atoms with Crippen LogP contribution in [0.15, 0.2) is 24.3 Å². The number of unbranched alkanes of at least 4 members (excludes halogenated alkanes) is 3. The molecule has 16 heavy (non-hydrogen) atoms. The Balaban J connectivity index is 2.48. The van der Waals surface area contributed by atoms with Crippen molar-refractivity contribution in [2.75, 3.05) is 0 Å². The number of rotatable bonds is 4. The van der Waals surface area contributed by atoms with Gasteiger partial charge in [0.05, 0.1) is 0 Å². The lowest BCUT2D eigenvalue weighted by Gasteiger charge is -1.94. The molecule has 1 aromatic carbocycles. The van der Waals surface area contributed by atoms with E-state index < -0.39 is 0 Å². The first-order chi connectivity index (χ1) is 7.74. The smallest absolute Gasteiger partial charge is 0.235 e. The van der Waals surface area contributed by atoms with Gasteiger partial charge in [-0.1, -0.05) is 55.5 Å². The minimum Gasteiger partial charge on any atom is -0.279 e. The fraction of sp³-hybridized carbons (Fsp3) is 0.400. The molecule has 0 spiro atoms. The number of hydrogen-bond acceptors (Lipinski definition) is 1. The molecule has 0 radical (unpaired) electrons. The zero-order chi connectivity index (χ0) is 11.8. The van der Waals surface area contributed by atoms with Crippen molar-refractivity contribution in [2.45, 2.75) is 39.5 Å². The van der Waals surface area contributed by atoms with Crippen LogP contribution in [-0.2, 0) is 0 Å². The summed E-state index contributed by atoms with van der Waals surface area (Å²) in [6.07, 6.45) is 4.29. The Labute approximate surface area is 97.9 Å². The van der Waals surface area contributed by atoms with Crippen LogP contribution in [0.2, 0.25) is 0 Å². The van der Waals surface area contributed by atoms with E-state index in [9.17, 15) is 4.79 Å². The van der Waals surface area contributed by atoms with Gasteiger partial charge in [-0.15, -0.1) is 0 Å². The molecule has 1 heteroatoms. The molecule has 84 valence electrons. The van der Waals surface area contributed by atoms with Crippen LogP contribution in [0.3, 0.4) is 0 Å². The Kier molecular flexibility index (Phi) is 5.36. The molecule has 0 aromatic heterocycles. The third-order valence-electron chi connectivity index (χ3n) is 2.42. The molecule has 0 N–H and O–H groups in total. The first-order valence-electron chi connectivity index (χ1n) is 5.84. The van der Waals surface area contributed by atoms with E-state index in [2.05, 4.69) is 18.8 Å². The van der Waals surface area contributed by atoms with Crippen molar-refractivity contribution in [3.63, 3.8) is 0 Å². The monoisotopic (exact) mass is 214 g/mol. The van der Waals surface area contributed by atoms with Crippen molar-refractivity contribution in [3.05, 3.63) is 35.4 Å². The van der Waals surface area contributed by atoms with E-state index in [4.69, 9.17) is 0 Å². The van der Waals surface area contributed by atoms with Crippen molar-refractivity contribution in [2.24, 2.45) is 0 Å². The molecule has 0 heterocycles. The second-order valence-electron chi connectivity index (χ2n) is 3.95. The van der Waals surface area contributed by atoms with Crippen LogP contribution in [0.4, 0.5) is 0 Å². The van der Waals surface area contributed by atoms with Gasteiger partial charge in [0.2, 0.25) is 5.78 Å². The predicted molar refractivity (Wildman–Crippen MR) is 67.4 cm³/mol. The third kappa shape index (κ3) is 4.31. The first kappa shape index (κ1) is 12.5. The summed E-state index contributed by atoms with van der Waals surface area (Å²) in [5.41, 5.74) is 1.85. The maximum absolute atomic E-state index is 11.6. The van der Waals surface area contributed by atoms with Crippen LogP contribution in [0, 0.1) is 18.8 Å². The molecule has 0 atom stereocenters. The van der Waals surface area contributed by atoms with Gasteiger partial charge in [-0.25, -0.2) is 0 Å². The molecule has 1 rings (SSSR count). The number of ketones is 1. The Bertz CT molecular complexity index is 390. The summed E-state index contributed by atoms with van der Waals surface area (Å²) in [7, 11) is 0. The highest BCUT2D eigenvalue weighted by molar-refractivity contribution is 6.08. The van der Waals surface area contributed by atoms with Crippen LogP contribution in [0.25, 0.3) is 0 Å². The molecule has 1 aromatic rings. The lowest BCUT2D eigenvalue weighted by atomic mass is 10.1. The summed E-state index contributed by atoms with van der Waals surface area (Å²) < 4.78 is 0. The molecule has 0 fully saturated rings. The van der Waals surface area contributed by atoms with Crippen molar-refractivity contribution >= 4 is 5.78 Å². The average Bonchev–Trinajstić information content (AvgIpc) is 2.29. The fourth-order valence-corrected chi connectivity index (χ4v) is 1.38. The summed E-state index contributed by atoms with van der Waals surface area (Å²) in [5.74, 6) is 5.55. The van der Waals surface area contributed by atoms with Gasteiger partial charge >= 0.3 is 0 Å². The highest BCUT2D eigenvalue weighted by Crippen LogP contribution is 2.03. The second kappa shape index (κ2) is 6.85. The van der Waals surface area contributed by atoms with Crippen LogP contribution in [0.5, 0.6) is 0 Å². The van der Waals surface area contributed by atoms with Crippen LogP contribution in [-0.4, -0.2) is 5.78 Å². The Morgan fingerprint density at radius 1 is 1.19 bits per heavy atom. The Hall–Kier alpha value is -1.55. The predicted octanol–water partition coefficient (Wildman–Crippen LogP) is 3.76. The summed E-state index contributed by atoms with van der Waals surface area (Å²) in [6.45, 7) is 4.16. The van der Waals surface area contributed by atoms with Crippen LogP contribution >= 0.6 is 0 Å². The minimum absolute atomic E-state index is 0.0727. The van der Waals surface area contributed by atoms with Gasteiger partial charge in [-0.05, 0) is 19.3 Å². The molecule has 0 amide bonds. The lowest BCUT2D eigenvalue weighted by Crippen LogP contribution is -1.94. The topological polar surface area (TPSA) is 17.1 Å². The molecular formula is C15H18O. The van der Waals surface area contributed by atoms with Crippen molar-refractivity contribution < 1.29 is 4.79 Å². The van der Waals surface area contributed by atoms with Gasteiger partial charge in [0.15, 0.2) is 0 Å². The van der Waals surface area contributed by atoms with Gasteiger partial charge in [0, 0.05) is 12.0 Å². The number of hydrogen-bond donors (Lipinski definition) is 0. The van der Waals surface area contributed by atoms with Gasteiger partial charge in [0.25, 0.3) is 0 Å². The van der Waals surface area contributed by atoms with E-state index in [0.717, 1.165) is 18.4 Å². The third-order valence-corrected chi connectivity index (χ3v) is 2.42. The molecule has 1 nitrogen and oxygen atoms in total. The standard InChI is InChI=1S/C15H18O/c1-3-4-5-6-7-8-15(16)14-11-9-13(2)10-12-14/h9-12H,3-6H2,1-2H3. The minimum atomic E-state index is -0.0727. The molecule has 0 aliphatic rings. The second-order valence-corrected chi connectivity index (χ2v) is 3.95. The summed E-state index contributed by atoms with van der Waals surface area (Å²) >= 11 is 0. The number of aryl methyl sites for hydroxylation is 1. The highest BCUT2D eigenvalue weighted by Gasteiger charge is 1.99. The van der Waals surface area contributed by atoms with E-state index in [1.807, 2.05) is 31.2 Å². The summed E-state index contributed by atoms with van der Waals surface area (Å²) in [5, 5.41) is 0. The molecule has 0 aliphatic heterocycles. The molecule has 0 bridgehead atoms. The zero-order valence-electron chi connectivity index (χ0n) is 10.0. The summed E-state index contributed by atoms with van der Waals surface area (Å²) in [6, 6.07) is 7.54. The summed E-state index contributed by atoms with van der Waals surface area (Å²) in [4.78, 5) is 11.6. The first-order valence-corrected chi connectivity index (χ1v) is 5.84. The highest BCUT2D eigenvalue weighted by atomic mass is 16.1. The SMILES string of the molecule is CCCCCC#CC(=O)c1ccc(C)cc1. The van der Waals surface area contributed by atoms with Gasteiger partial charge in [0.1, 0.15) is 0 Å².